The van der Waals surface area contributed by atoms with Crippen LogP contribution in [0.15, 0.2) is 75.6 Å². The molecule has 0 amide bonds. The Morgan fingerprint density at radius 3 is 2.54 bits per heavy atom. The maximum atomic E-state index is 12.8. The van der Waals surface area contributed by atoms with E-state index in [1.165, 1.54) is 0 Å². The molecule has 3 aromatic rings. The molecule has 1 aromatic heterocycles. The molecule has 3 rings (SSSR count). The fourth-order valence-corrected chi connectivity index (χ4v) is 3.07. The van der Waals surface area contributed by atoms with Gasteiger partial charge in [0.1, 0.15) is 11.3 Å². The van der Waals surface area contributed by atoms with Crippen LogP contribution in [-0.2, 0) is 0 Å². The molecule has 2 aromatic carbocycles. The molecule has 7 heteroatoms. The van der Waals surface area contributed by atoms with Gasteiger partial charge in [-0.3, -0.25) is 5.43 Å². The molecule has 144 valence electrons. The number of hydrogen-bond donors (Lipinski definition) is 4. The van der Waals surface area contributed by atoms with Crippen molar-refractivity contribution in [3.63, 3.8) is 0 Å². The van der Waals surface area contributed by atoms with Crippen molar-refractivity contribution in [1.29, 1.82) is 0 Å². The van der Waals surface area contributed by atoms with Gasteiger partial charge >= 0.3 is 5.63 Å². The molecule has 0 unspecified atom stereocenters. The van der Waals surface area contributed by atoms with Gasteiger partial charge in [-0.25, -0.2) is 4.79 Å². The molecule has 1 heterocycles. The Labute approximate surface area is 167 Å². The van der Waals surface area contributed by atoms with E-state index in [2.05, 4.69) is 10.9 Å². The first-order valence-electron chi connectivity index (χ1n) is 8.83. The second-order valence-electron chi connectivity index (χ2n) is 6.20. The molecule has 0 spiro atoms. The molecule has 0 fully saturated rings. The van der Waals surface area contributed by atoms with Crippen LogP contribution in [0.3, 0.4) is 0 Å². The van der Waals surface area contributed by atoms with E-state index in [4.69, 9.17) is 22.4 Å². The number of nitrogens with one attached hydrogen (secondary N) is 2. The summed E-state index contributed by atoms with van der Waals surface area (Å²) in [6.45, 7) is 1.95. The van der Waals surface area contributed by atoms with E-state index in [9.17, 15) is 9.90 Å². The number of hydrogen-bond acceptors (Lipinski definition) is 5. The number of aromatic hydroxyl groups is 1. The van der Waals surface area contributed by atoms with Crippen LogP contribution >= 0.6 is 12.2 Å². The largest absolute Gasteiger partial charge is 0.507 e. The van der Waals surface area contributed by atoms with Crippen molar-refractivity contribution in [3.8, 4) is 5.75 Å². The number of allylic oxidation sites excluding steroid dienone is 2. The van der Waals surface area contributed by atoms with Crippen LogP contribution in [0.25, 0.3) is 11.0 Å². The first-order chi connectivity index (χ1) is 13.5. The lowest BCUT2D eigenvalue weighted by molar-refractivity contribution is 0.455. The second kappa shape index (κ2) is 8.58. The third-order valence-corrected chi connectivity index (χ3v) is 4.49. The van der Waals surface area contributed by atoms with E-state index in [1.54, 1.807) is 24.3 Å². The van der Waals surface area contributed by atoms with Crippen molar-refractivity contribution in [2.24, 2.45) is 5.73 Å². The van der Waals surface area contributed by atoms with Gasteiger partial charge in [0.2, 0.25) is 0 Å². The van der Waals surface area contributed by atoms with E-state index in [0.29, 0.717) is 17.4 Å². The maximum Gasteiger partial charge on any atom is 0.344 e. The van der Waals surface area contributed by atoms with Gasteiger partial charge in [-0.2, -0.15) is 0 Å². The zero-order valence-corrected chi connectivity index (χ0v) is 16.1. The Kier molecular flexibility index (Phi) is 5.96. The summed E-state index contributed by atoms with van der Waals surface area (Å²) in [5.41, 5.74) is 12.6. The van der Waals surface area contributed by atoms with Crippen LogP contribution in [0.1, 0.15) is 30.4 Å². The molecule has 6 nitrogen and oxygen atoms in total. The fraction of sp³-hybridized carbons (Fsp3) is 0.143. The summed E-state index contributed by atoms with van der Waals surface area (Å²) in [7, 11) is 0. The number of benzene rings is 2. The average Bonchev–Trinajstić information content (AvgIpc) is 2.70. The van der Waals surface area contributed by atoms with Gasteiger partial charge in [0.05, 0.1) is 10.9 Å². The SMILES string of the molecule is CCC(=C[C@@H](c1ccccc1)c1c(O)c2ccccc2oc1=O)NNC(N)=S. The molecule has 0 bridgehead atoms. The van der Waals surface area contributed by atoms with Crippen molar-refractivity contribution in [2.75, 3.05) is 0 Å². The Balaban J connectivity index is 2.19. The minimum Gasteiger partial charge on any atom is -0.507 e. The zero-order chi connectivity index (χ0) is 20.1. The van der Waals surface area contributed by atoms with Crippen LogP contribution < -0.4 is 22.2 Å². The van der Waals surface area contributed by atoms with Crippen molar-refractivity contribution in [1.82, 2.24) is 10.9 Å². The summed E-state index contributed by atoms with van der Waals surface area (Å²) in [6.07, 6.45) is 2.47. The van der Waals surface area contributed by atoms with Crippen LogP contribution in [-0.4, -0.2) is 10.2 Å². The number of para-hydroxylation sites is 1. The topological polar surface area (TPSA) is 101 Å². The van der Waals surface area contributed by atoms with E-state index in [1.807, 2.05) is 43.3 Å². The van der Waals surface area contributed by atoms with Crippen molar-refractivity contribution < 1.29 is 9.52 Å². The summed E-state index contributed by atoms with van der Waals surface area (Å²) in [6, 6.07) is 16.3. The minimum atomic E-state index is -0.584. The molecular weight excluding hydrogens is 374 g/mol. The van der Waals surface area contributed by atoms with Gasteiger partial charge in [0.25, 0.3) is 0 Å². The van der Waals surface area contributed by atoms with Gasteiger partial charge in [-0.15, -0.1) is 0 Å². The highest BCUT2D eigenvalue weighted by atomic mass is 32.1. The Hall–Kier alpha value is -3.32. The summed E-state index contributed by atoms with van der Waals surface area (Å²) in [5, 5.41) is 11.5. The first-order valence-corrected chi connectivity index (χ1v) is 9.24. The molecule has 0 aliphatic carbocycles. The van der Waals surface area contributed by atoms with Gasteiger partial charge < -0.3 is 20.7 Å². The number of thiocarbonyl (C=S) groups is 1. The Bertz CT molecular complexity index is 1080. The summed E-state index contributed by atoms with van der Waals surface area (Å²) >= 11 is 4.83. The van der Waals surface area contributed by atoms with Gasteiger partial charge in [0, 0.05) is 11.6 Å². The smallest absolute Gasteiger partial charge is 0.344 e. The molecule has 0 aliphatic heterocycles. The molecule has 28 heavy (non-hydrogen) atoms. The second-order valence-corrected chi connectivity index (χ2v) is 6.64. The summed E-state index contributed by atoms with van der Waals surface area (Å²) in [4.78, 5) is 12.8. The lowest BCUT2D eigenvalue weighted by Gasteiger charge is -2.18. The minimum absolute atomic E-state index is 0.0882. The number of hydrazine groups is 1. The van der Waals surface area contributed by atoms with Crippen LogP contribution in [0, 0.1) is 0 Å². The van der Waals surface area contributed by atoms with E-state index >= 15 is 0 Å². The third-order valence-electron chi connectivity index (χ3n) is 4.38. The summed E-state index contributed by atoms with van der Waals surface area (Å²) < 4.78 is 5.47. The average molecular weight is 395 g/mol. The highest BCUT2D eigenvalue weighted by molar-refractivity contribution is 7.80. The molecule has 0 saturated carbocycles. The monoisotopic (exact) mass is 395 g/mol. The lowest BCUT2D eigenvalue weighted by Crippen LogP contribution is -2.40. The number of nitrogens with two attached hydrogens (primary N) is 1. The highest BCUT2D eigenvalue weighted by Gasteiger charge is 2.23. The predicted octanol–water partition coefficient (Wildman–Crippen LogP) is 3.26. The Morgan fingerprint density at radius 1 is 1.18 bits per heavy atom. The highest BCUT2D eigenvalue weighted by Crippen LogP contribution is 2.35. The van der Waals surface area contributed by atoms with Crippen LogP contribution in [0.4, 0.5) is 0 Å². The Morgan fingerprint density at radius 2 is 1.86 bits per heavy atom. The molecular formula is C21H21N3O3S. The van der Waals surface area contributed by atoms with Crippen molar-refractivity contribution in [3.05, 3.63) is 87.9 Å². The number of rotatable bonds is 6. The quantitative estimate of drug-likeness (QED) is 0.289. The van der Waals surface area contributed by atoms with Gasteiger partial charge in [-0.05, 0) is 36.3 Å². The standard InChI is InChI=1S/C21H21N3O3S/c1-2-14(23-24-21(22)28)12-16(13-8-4-3-5-9-13)18-19(25)15-10-6-7-11-17(15)27-20(18)26/h3-12,16,23,25H,2H2,1H3,(H3,22,24,28)/t16-/m0/s1. The zero-order valence-electron chi connectivity index (χ0n) is 15.3. The van der Waals surface area contributed by atoms with Gasteiger partial charge in [-0.1, -0.05) is 55.5 Å². The third kappa shape index (κ3) is 4.15. The van der Waals surface area contributed by atoms with Crippen molar-refractivity contribution >= 4 is 28.3 Å². The molecule has 0 aliphatic rings. The predicted molar refractivity (Wildman–Crippen MR) is 114 cm³/mol. The van der Waals surface area contributed by atoms with E-state index in [-0.39, 0.29) is 16.4 Å². The van der Waals surface area contributed by atoms with Crippen molar-refractivity contribution in [2.45, 2.75) is 19.3 Å². The van der Waals surface area contributed by atoms with Crippen LogP contribution in [0.2, 0.25) is 0 Å². The van der Waals surface area contributed by atoms with E-state index < -0.39 is 11.5 Å². The normalized spacial score (nSPS) is 12.5. The van der Waals surface area contributed by atoms with Gasteiger partial charge in [0.15, 0.2) is 5.11 Å². The molecule has 0 radical (unpaired) electrons. The first kappa shape index (κ1) is 19.4. The molecule has 1 atom stereocenters. The molecule has 5 N–H and O–H groups in total. The summed E-state index contributed by atoms with van der Waals surface area (Å²) in [5.74, 6) is -0.618. The maximum absolute atomic E-state index is 12.8. The molecule has 0 saturated heterocycles. The fourth-order valence-electron chi connectivity index (χ4n) is 3.02. The number of fused-ring (bicyclic) bond motifs is 1. The lowest BCUT2D eigenvalue weighted by atomic mass is 9.89. The van der Waals surface area contributed by atoms with Crippen LogP contribution in [0.5, 0.6) is 5.75 Å². The van der Waals surface area contributed by atoms with E-state index in [0.717, 1.165) is 11.3 Å².